The highest BCUT2D eigenvalue weighted by Gasteiger charge is 2.33. The highest BCUT2D eigenvalue weighted by Crippen LogP contribution is 2.36. The number of halogens is 2. The maximum absolute atomic E-state index is 13.5. The van der Waals surface area contributed by atoms with E-state index in [1.165, 1.54) is 5.01 Å². The first-order valence-electron chi connectivity index (χ1n) is 11.4. The van der Waals surface area contributed by atoms with Gasteiger partial charge in [-0.05, 0) is 53.1 Å². The molecule has 0 unspecified atom stereocenters. The minimum absolute atomic E-state index is 0.279. The topological polar surface area (TPSA) is 53.9 Å². The second-order valence-corrected chi connectivity index (χ2v) is 9.25. The molecule has 1 N–H and O–H groups in total. The average Bonchev–Trinajstić information content (AvgIpc) is 3.35. The standard InChI is InChI=1S/C29H23Cl2N3O2/c1-36-28-17-24(15-16-25(28)19-5-3-2-4-6-19)32-29(35)34-27(21-9-13-23(31)14-10-21)18-26(33-34)20-7-11-22(30)12-8-20/h2-17,27H,18H2,1H3,(H,32,35)/t27-/m0/s1. The zero-order valence-electron chi connectivity index (χ0n) is 19.5. The molecule has 0 saturated heterocycles. The van der Waals surface area contributed by atoms with Crippen molar-refractivity contribution in [3.05, 3.63) is 118 Å². The van der Waals surface area contributed by atoms with Crippen LogP contribution in [0.5, 0.6) is 5.75 Å². The number of ether oxygens (including phenoxy) is 1. The Morgan fingerprint density at radius 2 is 1.56 bits per heavy atom. The number of anilines is 1. The number of hydrogen-bond acceptors (Lipinski definition) is 3. The van der Waals surface area contributed by atoms with Crippen molar-refractivity contribution in [3.8, 4) is 16.9 Å². The third kappa shape index (κ3) is 5.08. The number of carbonyl (C=O) groups excluding carboxylic acids is 1. The van der Waals surface area contributed by atoms with Crippen molar-refractivity contribution in [2.75, 3.05) is 12.4 Å². The third-order valence-electron chi connectivity index (χ3n) is 6.09. The molecule has 1 aliphatic heterocycles. The first-order chi connectivity index (χ1) is 17.5. The monoisotopic (exact) mass is 515 g/mol. The van der Waals surface area contributed by atoms with Gasteiger partial charge in [-0.3, -0.25) is 0 Å². The third-order valence-corrected chi connectivity index (χ3v) is 6.59. The lowest BCUT2D eigenvalue weighted by molar-refractivity contribution is 0.200. The molecule has 1 atom stereocenters. The molecular weight excluding hydrogens is 493 g/mol. The van der Waals surface area contributed by atoms with E-state index in [0.29, 0.717) is 27.9 Å². The summed E-state index contributed by atoms with van der Waals surface area (Å²) in [7, 11) is 1.62. The number of rotatable bonds is 5. The Bertz CT molecular complexity index is 1410. The Kier molecular flexibility index (Phi) is 6.94. The molecule has 180 valence electrons. The van der Waals surface area contributed by atoms with Crippen molar-refractivity contribution in [3.63, 3.8) is 0 Å². The number of hydrazone groups is 1. The van der Waals surface area contributed by atoms with E-state index in [0.717, 1.165) is 28.0 Å². The van der Waals surface area contributed by atoms with Crippen molar-refractivity contribution >= 4 is 40.6 Å². The smallest absolute Gasteiger partial charge is 0.342 e. The molecule has 5 nitrogen and oxygen atoms in total. The zero-order chi connectivity index (χ0) is 25.1. The van der Waals surface area contributed by atoms with Crippen molar-refractivity contribution < 1.29 is 9.53 Å². The number of urea groups is 1. The maximum atomic E-state index is 13.5. The van der Waals surface area contributed by atoms with Crippen LogP contribution in [0, 0.1) is 0 Å². The molecule has 5 rings (SSSR count). The van der Waals surface area contributed by atoms with Gasteiger partial charge in [0.25, 0.3) is 0 Å². The molecule has 4 aromatic rings. The summed E-state index contributed by atoms with van der Waals surface area (Å²) in [6, 6.07) is 29.9. The first kappa shape index (κ1) is 23.9. The van der Waals surface area contributed by atoms with Crippen LogP contribution in [-0.2, 0) is 0 Å². The summed E-state index contributed by atoms with van der Waals surface area (Å²) in [5, 5.41) is 10.5. The summed E-state index contributed by atoms with van der Waals surface area (Å²) in [4.78, 5) is 13.5. The van der Waals surface area contributed by atoms with E-state index in [4.69, 9.17) is 33.0 Å². The molecule has 0 spiro atoms. The van der Waals surface area contributed by atoms with Gasteiger partial charge in [0.1, 0.15) is 5.75 Å². The summed E-state index contributed by atoms with van der Waals surface area (Å²) in [5.74, 6) is 0.667. The van der Waals surface area contributed by atoms with E-state index in [9.17, 15) is 4.79 Å². The van der Waals surface area contributed by atoms with E-state index >= 15 is 0 Å². The number of amides is 2. The fraction of sp³-hybridized carbons (Fsp3) is 0.103. The normalized spacial score (nSPS) is 14.9. The van der Waals surface area contributed by atoms with Gasteiger partial charge >= 0.3 is 6.03 Å². The van der Waals surface area contributed by atoms with Crippen LogP contribution in [0.3, 0.4) is 0 Å². The summed E-state index contributed by atoms with van der Waals surface area (Å²) in [5.41, 5.74) is 5.26. The minimum Gasteiger partial charge on any atom is -0.496 e. The summed E-state index contributed by atoms with van der Waals surface area (Å²) in [6.45, 7) is 0. The molecule has 0 aliphatic carbocycles. The van der Waals surface area contributed by atoms with Gasteiger partial charge in [-0.2, -0.15) is 5.10 Å². The largest absolute Gasteiger partial charge is 0.496 e. The Labute approximate surface area is 219 Å². The molecule has 7 heteroatoms. The number of nitrogens with one attached hydrogen (secondary N) is 1. The van der Waals surface area contributed by atoms with Crippen molar-refractivity contribution in [2.45, 2.75) is 12.5 Å². The Morgan fingerprint density at radius 3 is 2.22 bits per heavy atom. The van der Waals surface area contributed by atoms with E-state index in [1.54, 1.807) is 7.11 Å². The molecule has 0 fully saturated rings. The van der Waals surface area contributed by atoms with Gasteiger partial charge in [0, 0.05) is 33.8 Å². The summed E-state index contributed by atoms with van der Waals surface area (Å²) in [6.07, 6.45) is 0.562. The number of benzene rings is 4. The van der Waals surface area contributed by atoms with Gasteiger partial charge in [-0.15, -0.1) is 0 Å². The lowest BCUT2D eigenvalue weighted by Crippen LogP contribution is -2.31. The number of carbonyl (C=O) groups is 1. The SMILES string of the molecule is COc1cc(NC(=O)N2N=C(c3ccc(Cl)cc3)C[C@H]2c2ccc(Cl)cc2)ccc1-c1ccccc1. The molecule has 4 aromatic carbocycles. The summed E-state index contributed by atoms with van der Waals surface area (Å²) < 4.78 is 5.62. The number of nitrogens with zero attached hydrogens (tertiary/aromatic N) is 2. The van der Waals surface area contributed by atoms with Crippen molar-refractivity contribution in [2.24, 2.45) is 5.10 Å². The number of methoxy groups -OCH3 is 1. The molecule has 1 aliphatic rings. The van der Waals surface area contributed by atoms with Crippen molar-refractivity contribution in [1.82, 2.24) is 5.01 Å². The van der Waals surface area contributed by atoms with Crippen LogP contribution in [-0.4, -0.2) is 23.9 Å². The first-order valence-corrected chi connectivity index (χ1v) is 12.2. The summed E-state index contributed by atoms with van der Waals surface area (Å²) >= 11 is 12.2. The predicted octanol–water partition coefficient (Wildman–Crippen LogP) is 8.05. The lowest BCUT2D eigenvalue weighted by atomic mass is 9.98. The van der Waals surface area contributed by atoms with Crippen LogP contribution in [0.4, 0.5) is 10.5 Å². The second kappa shape index (κ2) is 10.4. The molecule has 0 radical (unpaired) electrons. The van der Waals surface area contributed by atoms with E-state index < -0.39 is 0 Å². The van der Waals surface area contributed by atoms with E-state index in [-0.39, 0.29) is 12.1 Å². The maximum Gasteiger partial charge on any atom is 0.342 e. The van der Waals surface area contributed by atoms with Crippen LogP contribution < -0.4 is 10.1 Å². The van der Waals surface area contributed by atoms with E-state index in [2.05, 4.69) is 5.32 Å². The van der Waals surface area contributed by atoms with Crippen LogP contribution >= 0.6 is 23.2 Å². The predicted molar refractivity (Wildman–Crippen MR) is 146 cm³/mol. The van der Waals surface area contributed by atoms with E-state index in [1.807, 2.05) is 97.1 Å². The quantitative estimate of drug-likeness (QED) is 0.292. The van der Waals surface area contributed by atoms with Gasteiger partial charge in [-0.25, -0.2) is 9.80 Å². The second-order valence-electron chi connectivity index (χ2n) is 8.38. The van der Waals surface area contributed by atoms with Crippen LogP contribution in [0.15, 0.2) is 102 Å². The average molecular weight is 516 g/mol. The molecule has 0 saturated carbocycles. The van der Waals surface area contributed by atoms with Gasteiger partial charge in [0.05, 0.1) is 18.9 Å². The fourth-order valence-corrected chi connectivity index (χ4v) is 4.52. The molecular formula is C29H23Cl2N3O2. The van der Waals surface area contributed by atoms with Gasteiger partial charge in [0.15, 0.2) is 0 Å². The van der Waals surface area contributed by atoms with Crippen LogP contribution in [0.1, 0.15) is 23.6 Å². The van der Waals surface area contributed by atoms with Gasteiger partial charge < -0.3 is 10.1 Å². The van der Waals surface area contributed by atoms with Gasteiger partial charge in [-0.1, -0.05) is 77.8 Å². The molecule has 0 aromatic heterocycles. The zero-order valence-corrected chi connectivity index (χ0v) is 21.0. The van der Waals surface area contributed by atoms with Crippen molar-refractivity contribution in [1.29, 1.82) is 0 Å². The molecule has 2 amide bonds. The molecule has 1 heterocycles. The van der Waals surface area contributed by atoms with Crippen LogP contribution in [0.25, 0.3) is 11.1 Å². The highest BCUT2D eigenvalue weighted by atomic mass is 35.5. The Balaban J connectivity index is 1.44. The van der Waals surface area contributed by atoms with Crippen LogP contribution in [0.2, 0.25) is 10.0 Å². The highest BCUT2D eigenvalue weighted by molar-refractivity contribution is 6.31. The fourth-order valence-electron chi connectivity index (χ4n) is 4.26. The Morgan fingerprint density at radius 1 is 0.889 bits per heavy atom. The Hall–Kier alpha value is -3.80. The lowest BCUT2D eigenvalue weighted by Gasteiger charge is -2.22. The molecule has 36 heavy (non-hydrogen) atoms. The number of hydrogen-bond donors (Lipinski definition) is 1. The molecule has 0 bridgehead atoms. The minimum atomic E-state index is -0.339. The van der Waals surface area contributed by atoms with Gasteiger partial charge in [0.2, 0.25) is 0 Å².